The molecule has 0 aliphatic carbocycles. The summed E-state index contributed by atoms with van der Waals surface area (Å²) in [6.45, 7) is 0. The van der Waals surface area contributed by atoms with Gasteiger partial charge in [-0.3, -0.25) is 0 Å². The van der Waals surface area contributed by atoms with Crippen LogP contribution in [0.3, 0.4) is 0 Å². The van der Waals surface area contributed by atoms with Crippen LogP contribution in [0.5, 0.6) is 0 Å². The topological polar surface area (TPSA) is 0 Å². The number of hydrogen-bond acceptors (Lipinski definition) is 0. The molecule has 0 nitrogen and oxygen atoms in total. The van der Waals surface area contributed by atoms with Gasteiger partial charge in [0.25, 0.3) is 0 Å². The minimum atomic E-state index is -2.17. The fraction of sp³-hybridized carbons (Fsp3) is 0. The van der Waals surface area contributed by atoms with Crippen molar-refractivity contribution in [3.05, 3.63) is 30.3 Å². The van der Waals surface area contributed by atoms with Crippen LogP contribution in [0.15, 0.2) is 30.3 Å². The second kappa shape index (κ2) is 3.37. The van der Waals surface area contributed by atoms with Gasteiger partial charge in [-0.15, -0.1) is 0 Å². The summed E-state index contributed by atoms with van der Waals surface area (Å²) >= 11 is 11.9. The van der Waals surface area contributed by atoms with Gasteiger partial charge in [0.2, 0.25) is 0 Å². The first-order chi connectivity index (χ1) is 4.61. The Hall–Kier alpha value is 0.660. The summed E-state index contributed by atoms with van der Waals surface area (Å²) in [5, 5.41) is 1.03. The number of benzene rings is 1. The van der Waals surface area contributed by atoms with Crippen molar-refractivity contribution in [1.82, 2.24) is 0 Å². The molecule has 0 radical (unpaired) electrons. The molecule has 1 unspecified atom stereocenters. The van der Waals surface area contributed by atoms with Crippen LogP contribution < -0.4 is 5.30 Å². The van der Waals surface area contributed by atoms with E-state index in [-0.39, 0.29) is 0 Å². The maximum atomic E-state index is 5.93. The minimum absolute atomic E-state index is 1.03. The van der Waals surface area contributed by atoms with Crippen LogP contribution >= 0.6 is 37.1 Å². The molecular formula is C6H8Cl2P2. The van der Waals surface area contributed by atoms with Gasteiger partial charge in [0, 0.05) is 0 Å². The first kappa shape index (κ1) is 8.75. The van der Waals surface area contributed by atoms with Gasteiger partial charge in [-0.05, 0) is 0 Å². The molecule has 1 atom stereocenters. The van der Waals surface area contributed by atoms with Crippen molar-refractivity contribution in [2.24, 2.45) is 0 Å². The first-order valence-corrected chi connectivity index (χ1v) is 8.66. The standard InChI is InChI=1S/C6H8Cl2P2/c7-10(8,9)6-4-2-1-3-5-6/h1-5,10H,9H2. The zero-order valence-corrected chi connectivity index (χ0v) is 8.89. The summed E-state index contributed by atoms with van der Waals surface area (Å²) in [5.74, 6) is 0. The van der Waals surface area contributed by atoms with Crippen LogP contribution in [0.1, 0.15) is 0 Å². The second-order valence-electron chi connectivity index (χ2n) is 1.99. The van der Waals surface area contributed by atoms with Gasteiger partial charge < -0.3 is 0 Å². The molecule has 10 heavy (non-hydrogen) atoms. The van der Waals surface area contributed by atoms with Crippen LogP contribution in [-0.2, 0) is 0 Å². The molecule has 0 saturated carbocycles. The van der Waals surface area contributed by atoms with Gasteiger partial charge in [-0.1, -0.05) is 0 Å². The van der Waals surface area contributed by atoms with E-state index in [0.717, 1.165) is 5.30 Å². The van der Waals surface area contributed by atoms with Gasteiger partial charge in [0.1, 0.15) is 0 Å². The maximum absolute atomic E-state index is 5.93. The Bertz CT molecular complexity index is 205. The summed E-state index contributed by atoms with van der Waals surface area (Å²) < 4.78 is 0. The SMILES string of the molecule is P[PH](Cl)(Cl)c1ccccc1. The van der Waals surface area contributed by atoms with Crippen LogP contribution in [0, 0.1) is 0 Å². The molecule has 0 aliphatic heterocycles. The third kappa shape index (κ3) is 2.36. The Balaban J connectivity index is 2.97. The molecular weight excluding hydrogens is 205 g/mol. The van der Waals surface area contributed by atoms with Crippen molar-refractivity contribution < 1.29 is 0 Å². The van der Waals surface area contributed by atoms with E-state index in [1.54, 1.807) is 0 Å². The molecule has 1 aromatic rings. The summed E-state index contributed by atoms with van der Waals surface area (Å²) in [7, 11) is 2.50. The van der Waals surface area contributed by atoms with Crippen molar-refractivity contribution in [1.29, 1.82) is 0 Å². The molecule has 0 saturated heterocycles. The number of halogens is 2. The van der Waals surface area contributed by atoms with Gasteiger partial charge in [0.15, 0.2) is 0 Å². The van der Waals surface area contributed by atoms with E-state index in [1.165, 1.54) is 0 Å². The zero-order valence-electron chi connectivity index (χ0n) is 5.22. The van der Waals surface area contributed by atoms with E-state index in [0.29, 0.717) is 0 Å². The van der Waals surface area contributed by atoms with E-state index in [1.807, 2.05) is 30.3 Å². The van der Waals surface area contributed by atoms with Crippen molar-refractivity contribution in [3.8, 4) is 0 Å². The quantitative estimate of drug-likeness (QED) is 0.628. The molecule has 1 aromatic carbocycles. The molecule has 56 valence electrons. The normalized spacial score (nSPS) is 13.1. The third-order valence-electron chi connectivity index (χ3n) is 1.16. The van der Waals surface area contributed by atoms with E-state index >= 15 is 0 Å². The molecule has 0 fully saturated rings. The van der Waals surface area contributed by atoms with E-state index in [4.69, 9.17) is 22.5 Å². The van der Waals surface area contributed by atoms with Gasteiger partial charge in [-0.2, -0.15) is 0 Å². The van der Waals surface area contributed by atoms with Crippen molar-refractivity contribution in [2.75, 3.05) is 0 Å². The molecule has 0 N–H and O–H groups in total. The third-order valence-corrected chi connectivity index (χ3v) is 4.57. The summed E-state index contributed by atoms with van der Waals surface area (Å²) in [6, 6.07) is 9.71. The molecule has 0 aliphatic rings. The first-order valence-electron chi connectivity index (χ1n) is 2.83. The van der Waals surface area contributed by atoms with Crippen molar-refractivity contribution in [2.45, 2.75) is 0 Å². The van der Waals surface area contributed by atoms with Crippen LogP contribution in [0.25, 0.3) is 0 Å². The van der Waals surface area contributed by atoms with Gasteiger partial charge in [-0.25, -0.2) is 0 Å². The monoisotopic (exact) mass is 212 g/mol. The van der Waals surface area contributed by atoms with Crippen molar-refractivity contribution >= 4 is 42.4 Å². The molecule has 0 spiro atoms. The van der Waals surface area contributed by atoms with E-state index < -0.39 is 5.66 Å². The Morgan fingerprint density at radius 2 is 1.60 bits per heavy atom. The molecule has 0 heterocycles. The molecule has 0 bridgehead atoms. The van der Waals surface area contributed by atoms with E-state index in [9.17, 15) is 0 Å². The second-order valence-corrected chi connectivity index (χ2v) is 12.8. The van der Waals surface area contributed by atoms with E-state index in [2.05, 4.69) is 8.93 Å². The summed E-state index contributed by atoms with van der Waals surface area (Å²) in [5.41, 5.74) is -2.17. The van der Waals surface area contributed by atoms with Crippen LogP contribution in [-0.4, -0.2) is 0 Å². The fourth-order valence-corrected chi connectivity index (χ4v) is 2.63. The van der Waals surface area contributed by atoms with Gasteiger partial charge >= 0.3 is 72.7 Å². The Morgan fingerprint density at radius 1 is 1.10 bits per heavy atom. The summed E-state index contributed by atoms with van der Waals surface area (Å²) in [6.07, 6.45) is 0. The summed E-state index contributed by atoms with van der Waals surface area (Å²) in [4.78, 5) is 0. The predicted molar refractivity (Wildman–Crippen MR) is 55.8 cm³/mol. The molecule has 0 aromatic heterocycles. The fourth-order valence-electron chi connectivity index (χ4n) is 0.660. The molecule has 1 rings (SSSR count). The number of rotatable bonds is 1. The van der Waals surface area contributed by atoms with Crippen molar-refractivity contribution in [3.63, 3.8) is 0 Å². The predicted octanol–water partition coefficient (Wildman–Crippen LogP) is 3.16. The Morgan fingerprint density at radius 3 is 1.90 bits per heavy atom. The van der Waals surface area contributed by atoms with Gasteiger partial charge in [0.05, 0.1) is 0 Å². The average molecular weight is 213 g/mol. The van der Waals surface area contributed by atoms with Crippen LogP contribution in [0.4, 0.5) is 0 Å². The zero-order chi connectivity index (χ0) is 7.61. The molecule has 0 amide bonds. The van der Waals surface area contributed by atoms with Crippen LogP contribution in [0.2, 0.25) is 0 Å². The Kier molecular flexibility index (Phi) is 2.95. The molecule has 4 heteroatoms. The Labute approximate surface area is 72.9 Å². The average Bonchev–Trinajstić information content (AvgIpc) is 1.88. The number of hydrogen-bond donors (Lipinski definition) is 0.